The fraction of sp³-hybridized carbons (Fsp3) is 0.286. The Balaban J connectivity index is 2.50. The van der Waals surface area contributed by atoms with E-state index in [1.165, 1.54) is 18.2 Å². The van der Waals surface area contributed by atoms with E-state index in [1.54, 1.807) is 13.8 Å². The second-order valence-electron chi connectivity index (χ2n) is 4.54. The zero-order valence-corrected chi connectivity index (χ0v) is 10.5. The molecule has 94 valence electrons. The van der Waals surface area contributed by atoms with E-state index in [0.29, 0.717) is 5.69 Å². The molecule has 5 nitrogen and oxygen atoms in total. The molecular formula is C14H11N3O2. The van der Waals surface area contributed by atoms with Crippen LogP contribution in [0.5, 0.6) is 0 Å². The molecule has 0 N–H and O–H groups in total. The molecule has 1 aromatic rings. The van der Waals surface area contributed by atoms with Crippen LogP contribution in [0.15, 0.2) is 18.2 Å². The third-order valence-electron chi connectivity index (χ3n) is 3.47. The van der Waals surface area contributed by atoms with Crippen molar-refractivity contribution in [2.75, 3.05) is 4.90 Å². The molecular weight excluding hydrogens is 242 g/mol. The van der Waals surface area contributed by atoms with Gasteiger partial charge in [-0.2, -0.15) is 10.5 Å². The molecule has 0 radical (unpaired) electrons. The van der Waals surface area contributed by atoms with Gasteiger partial charge in [0.15, 0.2) is 0 Å². The molecule has 1 aliphatic heterocycles. The normalized spacial score (nSPS) is 22.2. The van der Waals surface area contributed by atoms with Crippen molar-refractivity contribution >= 4 is 17.5 Å². The van der Waals surface area contributed by atoms with Gasteiger partial charge in [0.1, 0.15) is 12.1 Å². The van der Waals surface area contributed by atoms with Gasteiger partial charge in [-0.3, -0.25) is 14.5 Å². The predicted molar refractivity (Wildman–Crippen MR) is 66.7 cm³/mol. The minimum atomic E-state index is -0.367. The van der Waals surface area contributed by atoms with E-state index in [1.807, 2.05) is 12.1 Å². The Morgan fingerprint density at radius 3 is 2.00 bits per heavy atom. The van der Waals surface area contributed by atoms with Crippen LogP contribution in [0.4, 0.5) is 5.69 Å². The molecule has 1 fully saturated rings. The maximum absolute atomic E-state index is 12.0. The van der Waals surface area contributed by atoms with E-state index >= 15 is 0 Å². The lowest BCUT2D eigenvalue weighted by Crippen LogP contribution is -2.30. The number of nitrogens with zero attached hydrogens (tertiary/aromatic N) is 3. The molecule has 2 rings (SSSR count). The van der Waals surface area contributed by atoms with E-state index in [4.69, 9.17) is 10.5 Å². The highest BCUT2D eigenvalue weighted by Gasteiger charge is 2.43. The van der Waals surface area contributed by atoms with Crippen molar-refractivity contribution in [2.45, 2.75) is 13.8 Å². The number of carbonyl (C=O) groups excluding carboxylic acids is 2. The summed E-state index contributed by atoms with van der Waals surface area (Å²) in [6.45, 7) is 3.42. The van der Waals surface area contributed by atoms with Gasteiger partial charge in [-0.05, 0) is 18.2 Å². The number of imide groups is 1. The SMILES string of the molecule is CC1C(=O)N(c2ccc(C#N)c(C#N)c2)C(=O)C1C. The van der Waals surface area contributed by atoms with Gasteiger partial charge in [0, 0.05) is 11.8 Å². The number of rotatable bonds is 1. The molecule has 2 atom stereocenters. The van der Waals surface area contributed by atoms with Crippen molar-refractivity contribution in [1.29, 1.82) is 10.5 Å². The van der Waals surface area contributed by atoms with Crippen LogP contribution in [0.25, 0.3) is 0 Å². The van der Waals surface area contributed by atoms with Crippen molar-refractivity contribution in [3.05, 3.63) is 29.3 Å². The smallest absolute Gasteiger partial charge is 0.237 e. The highest BCUT2D eigenvalue weighted by molar-refractivity contribution is 6.21. The third kappa shape index (κ3) is 1.86. The van der Waals surface area contributed by atoms with E-state index in [0.717, 1.165) is 4.90 Å². The number of anilines is 1. The van der Waals surface area contributed by atoms with Crippen molar-refractivity contribution in [1.82, 2.24) is 0 Å². The first kappa shape index (κ1) is 12.8. The Bertz CT molecular complexity index is 632. The van der Waals surface area contributed by atoms with Crippen LogP contribution >= 0.6 is 0 Å². The standard InChI is InChI=1S/C14H11N3O2/c1-8-9(2)14(19)17(13(8)18)12-4-3-10(6-15)11(5-12)7-16/h3-5,8-9H,1-2H3. The van der Waals surface area contributed by atoms with Gasteiger partial charge in [-0.25, -0.2) is 0 Å². The predicted octanol–water partition coefficient (Wildman–Crippen LogP) is 1.58. The minimum absolute atomic E-state index is 0.160. The van der Waals surface area contributed by atoms with Gasteiger partial charge in [-0.1, -0.05) is 13.8 Å². The number of hydrogen-bond donors (Lipinski definition) is 0. The Morgan fingerprint density at radius 1 is 1.00 bits per heavy atom. The van der Waals surface area contributed by atoms with Gasteiger partial charge >= 0.3 is 0 Å². The van der Waals surface area contributed by atoms with Gasteiger partial charge in [0.2, 0.25) is 11.8 Å². The molecule has 2 unspecified atom stereocenters. The number of hydrogen-bond acceptors (Lipinski definition) is 4. The van der Waals surface area contributed by atoms with Crippen LogP contribution in [0, 0.1) is 34.5 Å². The second kappa shape index (κ2) is 4.55. The molecule has 2 amide bonds. The molecule has 0 aromatic heterocycles. The topological polar surface area (TPSA) is 85.0 Å². The number of nitriles is 2. The average molecular weight is 253 g/mol. The fourth-order valence-corrected chi connectivity index (χ4v) is 2.06. The first-order valence-electron chi connectivity index (χ1n) is 5.83. The molecule has 0 aliphatic carbocycles. The van der Waals surface area contributed by atoms with Crippen LogP contribution in [0.2, 0.25) is 0 Å². The quantitative estimate of drug-likeness (QED) is 0.711. The Labute approximate surface area is 110 Å². The summed E-state index contributed by atoms with van der Waals surface area (Å²) in [6.07, 6.45) is 0. The molecule has 5 heteroatoms. The van der Waals surface area contributed by atoms with Crippen molar-refractivity contribution in [3.63, 3.8) is 0 Å². The summed E-state index contributed by atoms with van der Waals surface area (Å²) < 4.78 is 0. The summed E-state index contributed by atoms with van der Waals surface area (Å²) in [4.78, 5) is 25.2. The first-order chi connectivity index (χ1) is 9.01. The lowest BCUT2D eigenvalue weighted by atomic mass is 10.00. The van der Waals surface area contributed by atoms with E-state index in [9.17, 15) is 9.59 Å². The van der Waals surface area contributed by atoms with Crippen LogP contribution in [0.1, 0.15) is 25.0 Å². The first-order valence-corrected chi connectivity index (χ1v) is 5.83. The zero-order valence-electron chi connectivity index (χ0n) is 10.5. The second-order valence-corrected chi connectivity index (χ2v) is 4.54. The summed E-state index contributed by atoms with van der Waals surface area (Å²) in [5.41, 5.74) is 0.737. The summed E-state index contributed by atoms with van der Waals surface area (Å²) in [5, 5.41) is 17.8. The third-order valence-corrected chi connectivity index (χ3v) is 3.47. The summed E-state index contributed by atoms with van der Waals surface area (Å²) in [5.74, 6) is -1.28. The largest absolute Gasteiger partial charge is 0.274 e. The molecule has 1 aliphatic rings. The molecule has 1 saturated heterocycles. The Hall–Kier alpha value is -2.66. The maximum Gasteiger partial charge on any atom is 0.237 e. The Kier molecular flexibility index (Phi) is 3.06. The summed E-state index contributed by atoms with van der Waals surface area (Å²) in [6, 6.07) is 8.15. The lowest BCUT2D eigenvalue weighted by molar-refractivity contribution is -0.122. The fourth-order valence-electron chi connectivity index (χ4n) is 2.06. The Morgan fingerprint density at radius 2 is 1.53 bits per heavy atom. The number of amides is 2. The van der Waals surface area contributed by atoms with Gasteiger partial charge < -0.3 is 0 Å². The van der Waals surface area contributed by atoms with E-state index in [-0.39, 0.29) is 34.8 Å². The van der Waals surface area contributed by atoms with Crippen LogP contribution in [-0.2, 0) is 9.59 Å². The molecule has 0 bridgehead atoms. The highest BCUT2D eigenvalue weighted by atomic mass is 16.2. The minimum Gasteiger partial charge on any atom is -0.274 e. The molecule has 1 aromatic carbocycles. The monoisotopic (exact) mass is 253 g/mol. The van der Waals surface area contributed by atoms with Crippen LogP contribution in [0.3, 0.4) is 0 Å². The van der Waals surface area contributed by atoms with Gasteiger partial charge in [0.25, 0.3) is 0 Å². The lowest BCUT2D eigenvalue weighted by Gasteiger charge is -2.15. The van der Waals surface area contributed by atoms with Crippen molar-refractivity contribution in [2.24, 2.45) is 11.8 Å². The molecule has 19 heavy (non-hydrogen) atoms. The van der Waals surface area contributed by atoms with Gasteiger partial charge in [-0.15, -0.1) is 0 Å². The van der Waals surface area contributed by atoms with Gasteiger partial charge in [0.05, 0.1) is 16.8 Å². The number of carbonyl (C=O) groups is 2. The van der Waals surface area contributed by atoms with Crippen LogP contribution in [-0.4, -0.2) is 11.8 Å². The highest BCUT2D eigenvalue weighted by Crippen LogP contribution is 2.31. The van der Waals surface area contributed by atoms with E-state index < -0.39 is 0 Å². The number of benzene rings is 1. The summed E-state index contributed by atoms with van der Waals surface area (Å²) in [7, 11) is 0. The van der Waals surface area contributed by atoms with E-state index in [2.05, 4.69) is 0 Å². The maximum atomic E-state index is 12.0. The molecule has 1 heterocycles. The van der Waals surface area contributed by atoms with Crippen molar-refractivity contribution < 1.29 is 9.59 Å². The van der Waals surface area contributed by atoms with Crippen molar-refractivity contribution in [3.8, 4) is 12.1 Å². The summed E-state index contributed by atoms with van der Waals surface area (Å²) >= 11 is 0. The van der Waals surface area contributed by atoms with Crippen LogP contribution < -0.4 is 4.90 Å². The molecule has 0 spiro atoms. The average Bonchev–Trinajstić information content (AvgIpc) is 2.62. The zero-order chi connectivity index (χ0) is 14.2. The molecule has 0 saturated carbocycles.